The first-order valence-corrected chi connectivity index (χ1v) is 9.04. The van der Waals surface area contributed by atoms with Crippen LogP contribution in [0.2, 0.25) is 5.02 Å². The van der Waals surface area contributed by atoms with Gasteiger partial charge in [-0.2, -0.15) is 0 Å². The molecule has 0 aliphatic heterocycles. The van der Waals surface area contributed by atoms with Crippen LogP contribution in [0.3, 0.4) is 0 Å². The Morgan fingerprint density at radius 3 is 2.62 bits per heavy atom. The van der Waals surface area contributed by atoms with E-state index in [9.17, 15) is 9.50 Å². The average molecular weight is 440 g/mol. The lowest BCUT2D eigenvalue weighted by molar-refractivity contribution is 0.211. The molecule has 0 bridgehead atoms. The van der Waals surface area contributed by atoms with Crippen LogP contribution in [0.5, 0.6) is 5.75 Å². The zero-order valence-electron chi connectivity index (χ0n) is 14.4. The second-order valence-electron chi connectivity index (χ2n) is 5.87. The highest BCUT2D eigenvalue weighted by atomic mass is 79.9. The molecule has 0 spiro atoms. The number of hydrogen-bond acceptors (Lipinski definition) is 3. The first-order chi connectivity index (χ1) is 12.3. The van der Waals surface area contributed by atoms with Gasteiger partial charge in [0.15, 0.2) is 0 Å². The van der Waals surface area contributed by atoms with Crippen molar-refractivity contribution in [1.82, 2.24) is 9.55 Å². The Morgan fingerprint density at radius 1 is 1.27 bits per heavy atom. The zero-order chi connectivity index (χ0) is 19.0. The molecule has 1 N–H and O–H groups in total. The van der Waals surface area contributed by atoms with E-state index in [1.54, 1.807) is 32.2 Å². The highest BCUT2D eigenvalue weighted by Crippen LogP contribution is 2.36. The number of aryl methyl sites for hydroxylation is 2. The molecule has 0 radical (unpaired) electrons. The Kier molecular flexibility index (Phi) is 5.37. The quantitative estimate of drug-likeness (QED) is 0.613. The molecule has 1 atom stereocenters. The van der Waals surface area contributed by atoms with Gasteiger partial charge in [-0.1, -0.05) is 23.7 Å². The molecule has 0 aliphatic rings. The molecule has 4 nitrogen and oxygen atoms in total. The summed E-state index contributed by atoms with van der Waals surface area (Å²) < 4.78 is 21.7. The van der Waals surface area contributed by atoms with Gasteiger partial charge in [-0.25, -0.2) is 9.37 Å². The lowest BCUT2D eigenvalue weighted by Crippen LogP contribution is -2.12. The molecule has 136 valence electrons. The summed E-state index contributed by atoms with van der Waals surface area (Å²) in [7, 11) is 1.58. The predicted molar refractivity (Wildman–Crippen MR) is 103 cm³/mol. The number of aromatic nitrogens is 2. The van der Waals surface area contributed by atoms with Crippen molar-refractivity contribution in [3.63, 3.8) is 0 Å². The van der Waals surface area contributed by atoms with Gasteiger partial charge in [-0.05, 0) is 65.2 Å². The molecule has 2 aromatic carbocycles. The molecule has 7 heteroatoms. The topological polar surface area (TPSA) is 47.3 Å². The standard InChI is InChI=1S/C19H17BrClFN2O2/c1-10-9-12(26-3)7-8-13(10)18(25)17-19(20)23-11(2)24(17)16-14(21)5-4-6-15(16)22/h4-9,18,25H,1-3H3. The molecule has 0 saturated carbocycles. The number of rotatable bonds is 4. The molecule has 3 aromatic rings. The number of aliphatic hydroxyl groups is 1. The van der Waals surface area contributed by atoms with Gasteiger partial charge >= 0.3 is 0 Å². The maximum absolute atomic E-state index is 14.5. The molecular weight excluding hydrogens is 423 g/mol. The van der Waals surface area contributed by atoms with Crippen LogP contribution in [-0.4, -0.2) is 21.8 Å². The SMILES string of the molecule is COc1ccc(C(O)c2c(Br)nc(C)n2-c2c(F)cccc2Cl)c(C)c1. The van der Waals surface area contributed by atoms with Crippen molar-refractivity contribution < 1.29 is 14.2 Å². The Labute approximate surface area is 164 Å². The molecule has 1 heterocycles. The third kappa shape index (κ3) is 3.24. The van der Waals surface area contributed by atoms with Crippen molar-refractivity contribution in [3.05, 3.63) is 74.5 Å². The first kappa shape index (κ1) is 18.9. The maximum atomic E-state index is 14.5. The third-order valence-corrected chi connectivity index (χ3v) is 5.12. The molecular formula is C19H17BrClFN2O2. The number of imidazole rings is 1. The van der Waals surface area contributed by atoms with Crippen molar-refractivity contribution >= 4 is 27.5 Å². The van der Waals surface area contributed by atoms with Crippen molar-refractivity contribution in [2.24, 2.45) is 0 Å². The van der Waals surface area contributed by atoms with Gasteiger partial charge in [0.2, 0.25) is 0 Å². The molecule has 0 aliphatic carbocycles. The molecule has 3 rings (SSSR count). The lowest BCUT2D eigenvalue weighted by atomic mass is 10.0. The number of aliphatic hydroxyl groups excluding tert-OH is 1. The first-order valence-electron chi connectivity index (χ1n) is 7.86. The van der Waals surface area contributed by atoms with E-state index in [1.807, 2.05) is 13.0 Å². The van der Waals surface area contributed by atoms with E-state index in [0.717, 1.165) is 5.56 Å². The summed E-state index contributed by atoms with van der Waals surface area (Å²) in [6.07, 6.45) is -1.04. The minimum Gasteiger partial charge on any atom is -0.497 e. The van der Waals surface area contributed by atoms with E-state index in [0.29, 0.717) is 27.4 Å². The molecule has 0 fully saturated rings. The Balaban J connectivity index is 2.21. The van der Waals surface area contributed by atoms with Crippen LogP contribution in [0.15, 0.2) is 41.0 Å². The molecule has 1 unspecified atom stereocenters. The minimum atomic E-state index is -1.04. The van der Waals surface area contributed by atoms with Crippen molar-refractivity contribution in [3.8, 4) is 11.4 Å². The number of benzene rings is 2. The Morgan fingerprint density at radius 2 is 2.00 bits per heavy atom. The molecule has 0 amide bonds. The van der Waals surface area contributed by atoms with Gasteiger partial charge in [-0.15, -0.1) is 0 Å². The van der Waals surface area contributed by atoms with Crippen molar-refractivity contribution in [2.45, 2.75) is 20.0 Å². The zero-order valence-corrected chi connectivity index (χ0v) is 16.8. The number of hydrogen-bond donors (Lipinski definition) is 1. The van der Waals surface area contributed by atoms with Gasteiger partial charge < -0.3 is 9.84 Å². The van der Waals surface area contributed by atoms with E-state index in [2.05, 4.69) is 20.9 Å². The van der Waals surface area contributed by atoms with E-state index < -0.39 is 11.9 Å². The Bertz CT molecular complexity index is 954. The van der Waals surface area contributed by atoms with Gasteiger partial charge in [-0.3, -0.25) is 4.57 Å². The second kappa shape index (κ2) is 7.39. The monoisotopic (exact) mass is 438 g/mol. The van der Waals surface area contributed by atoms with Gasteiger partial charge in [0, 0.05) is 0 Å². The fourth-order valence-corrected chi connectivity index (χ4v) is 3.86. The van der Waals surface area contributed by atoms with Crippen LogP contribution in [0.1, 0.15) is 28.7 Å². The normalized spacial score (nSPS) is 12.3. The summed E-state index contributed by atoms with van der Waals surface area (Å²) in [4.78, 5) is 4.35. The van der Waals surface area contributed by atoms with Crippen LogP contribution in [0.4, 0.5) is 4.39 Å². The largest absolute Gasteiger partial charge is 0.497 e. The minimum absolute atomic E-state index is 0.157. The van der Waals surface area contributed by atoms with Crippen LogP contribution in [-0.2, 0) is 0 Å². The Hall–Kier alpha value is -1.89. The average Bonchev–Trinajstić information content (AvgIpc) is 2.88. The fourth-order valence-electron chi connectivity index (χ4n) is 2.97. The number of ether oxygens (including phenoxy) is 1. The van der Waals surface area contributed by atoms with Gasteiger partial charge in [0.25, 0.3) is 0 Å². The number of methoxy groups -OCH3 is 1. The van der Waals surface area contributed by atoms with E-state index in [-0.39, 0.29) is 10.7 Å². The molecule has 26 heavy (non-hydrogen) atoms. The highest BCUT2D eigenvalue weighted by Gasteiger charge is 2.26. The summed E-state index contributed by atoms with van der Waals surface area (Å²) in [5.74, 6) is 0.703. The van der Waals surface area contributed by atoms with Crippen LogP contribution < -0.4 is 4.74 Å². The van der Waals surface area contributed by atoms with Crippen LogP contribution in [0, 0.1) is 19.7 Å². The number of nitrogens with zero attached hydrogens (tertiary/aromatic N) is 2. The number of halogens is 3. The summed E-state index contributed by atoms with van der Waals surface area (Å²) in [5.41, 5.74) is 2.07. The summed E-state index contributed by atoms with van der Waals surface area (Å²) in [5, 5.41) is 11.3. The van der Waals surface area contributed by atoms with Crippen LogP contribution >= 0.6 is 27.5 Å². The van der Waals surface area contributed by atoms with Crippen molar-refractivity contribution in [2.75, 3.05) is 7.11 Å². The summed E-state index contributed by atoms with van der Waals surface area (Å²) in [6.45, 7) is 3.60. The second-order valence-corrected chi connectivity index (χ2v) is 7.02. The van der Waals surface area contributed by atoms with Crippen molar-refractivity contribution in [1.29, 1.82) is 0 Å². The maximum Gasteiger partial charge on any atom is 0.148 e. The smallest absolute Gasteiger partial charge is 0.148 e. The summed E-state index contributed by atoms with van der Waals surface area (Å²) >= 11 is 9.62. The molecule has 1 aromatic heterocycles. The number of para-hydroxylation sites is 1. The van der Waals surface area contributed by atoms with E-state index in [1.165, 1.54) is 16.7 Å². The van der Waals surface area contributed by atoms with E-state index >= 15 is 0 Å². The fraction of sp³-hybridized carbons (Fsp3) is 0.211. The predicted octanol–water partition coefficient (Wildman–Crippen LogP) is 5.13. The van der Waals surface area contributed by atoms with Crippen LogP contribution in [0.25, 0.3) is 5.69 Å². The van der Waals surface area contributed by atoms with E-state index in [4.69, 9.17) is 16.3 Å². The lowest BCUT2D eigenvalue weighted by Gasteiger charge is -2.19. The third-order valence-electron chi connectivity index (χ3n) is 4.23. The van der Waals surface area contributed by atoms with Gasteiger partial charge in [0.05, 0.1) is 17.8 Å². The molecule has 0 saturated heterocycles. The highest BCUT2D eigenvalue weighted by molar-refractivity contribution is 9.10. The summed E-state index contributed by atoms with van der Waals surface area (Å²) in [6, 6.07) is 9.83. The van der Waals surface area contributed by atoms with Gasteiger partial charge in [0.1, 0.15) is 33.8 Å².